The van der Waals surface area contributed by atoms with Gasteiger partial charge in [0.15, 0.2) is 0 Å². The smallest absolute Gasteiger partial charge is 0.463 e. The van der Waals surface area contributed by atoms with Gasteiger partial charge in [-0.25, -0.2) is 0 Å². The van der Waals surface area contributed by atoms with Crippen LogP contribution in [0, 0.1) is 12.3 Å². The van der Waals surface area contributed by atoms with E-state index < -0.39 is 13.1 Å². The lowest BCUT2D eigenvalue weighted by molar-refractivity contribution is -0.191. The SMILES string of the molecule is Cc1c(C(=O)NCC(=O)OCCN2CC3(COC3)C2)ccc2c1B(O)OC2. The van der Waals surface area contributed by atoms with Crippen LogP contribution in [0.25, 0.3) is 0 Å². The molecule has 1 aromatic rings. The van der Waals surface area contributed by atoms with Crippen LogP contribution in [-0.2, 0) is 25.5 Å². The highest BCUT2D eigenvalue weighted by Crippen LogP contribution is 2.36. The van der Waals surface area contributed by atoms with Crippen molar-refractivity contribution < 1.29 is 28.7 Å². The summed E-state index contributed by atoms with van der Waals surface area (Å²) in [5.41, 5.74) is 2.94. The summed E-state index contributed by atoms with van der Waals surface area (Å²) >= 11 is 0. The Morgan fingerprint density at radius 3 is 2.85 bits per heavy atom. The highest BCUT2D eigenvalue weighted by atomic mass is 16.5. The molecule has 144 valence electrons. The molecule has 1 amide bonds. The van der Waals surface area contributed by atoms with Crippen LogP contribution in [0.5, 0.6) is 0 Å². The number of hydrogen-bond acceptors (Lipinski definition) is 7. The molecule has 0 aliphatic carbocycles. The molecule has 8 nitrogen and oxygen atoms in total. The molecule has 9 heteroatoms. The first-order chi connectivity index (χ1) is 13.0. The largest absolute Gasteiger partial charge is 0.492 e. The third-order valence-corrected chi connectivity index (χ3v) is 5.49. The van der Waals surface area contributed by atoms with Crippen molar-refractivity contribution in [1.29, 1.82) is 0 Å². The number of nitrogens with zero attached hydrogens (tertiary/aromatic N) is 1. The van der Waals surface area contributed by atoms with Crippen LogP contribution < -0.4 is 10.8 Å². The Labute approximate surface area is 157 Å². The third kappa shape index (κ3) is 3.60. The monoisotopic (exact) mass is 374 g/mol. The highest BCUT2D eigenvalue weighted by molar-refractivity contribution is 6.62. The molecule has 3 aliphatic rings. The molecular weight excluding hydrogens is 351 g/mol. The van der Waals surface area contributed by atoms with Gasteiger partial charge in [-0.1, -0.05) is 6.07 Å². The minimum Gasteiger partial charge on any atom is -0.463 e. The molecule has 3 heterocycles. The number of amides is 1. The van der Waals surface area contributed by atoms with Gasteiger partial charge in [0, 0.05) is 30.6 Å². The maximum absolute atomic E-state index is 12.4. The zero-order valence-electron chi connectivity index (χ0n) is 15.3. The van der Waals surface area contributed by atoms with E-state index in [1.807, 2.05) is 0 Å². The first-order valence-electron chi connectivity index (χ1n) is 9.13. The molecule has 2 fully saturated rings. The Morgan fingerprint density at radius 1 is 1.37 bits per heavy atom. The standard InChI is InChI=1S/C18H23BN2O6/c1-12-14(3-2-13-7-27-19(24)16(12)13)17(23)20-6-15(22)26-5-4-21-8-18(9-21)10-25-11-18/h2-3,24H,4-11H2,1H3,(H,20,23). The minimum absolute atomic E-state index is 0.188. The number of hydrogen-bond donors (Lipinski definition) is 2. The molecule has 4 rings (SSSR count). The molecule has 0 atom stereocenters. The van der Waals surface area contributed by atoms with Gasteiger partial charge in [-0.2, -0.15) is 0 Å². The van der Waals surface area contributed by atoms with E-state index in [1.54, 1.807) is 19.1 Å². The van der Waals surface area contributed by atoms with Crippen molar-refractivity contribution in [3.63, 3.8) is 0 Å². The van der Waals surface area contributed by atoms with E-state index in [-0.39, 0.29) is 12.5 Å². The molecule has 0 saturated carbocycles. The van der Waals surface area contributed by atoms with E-state index >= 15 is 0 Å². The maximum Gasteiger partial charge on any atom is 0.492 e. The van der Waals surface area contributed by atoms with E-state index in [0.29, 0.717) is 41.8 Å². The average molecular weight is 374 g/mol. The summed E-state index contributed by atoms with van der Waals surface area (Å²) in [6, 6.07) is 3.44. The van der Waals surface area contributed by atoms with Gasteiger partial charge in [0.1, 0.15) is 13.2 Å². The van der Waals surface area contributed by atoms with Crippen LogP contribution in [0.4, 0.5) is 0 Å². The lowest BCUT2D eigenvalue weighted by atomic mass is 9.75. The van der Waals surface area contributed by atoms with E-state index in [9.17, 15) is 14.6 Å². The van der Waals surface area contributed by atoms with Crippen molar-refractivity contribution in [3.8, 4) is 0 Å². The van der Waals surface area contributed by atoms with Crippen molar-refractivity contribution >= 4 is 24.5 Å². The summed E-state index contributed by atoms with van der Waals surface area (Å²) in [7, 11) is -1.01. The van der Waals surface area contributed by atoms with E-state index in [2.05, 4.69) is 10.2 Å². The Bertz CT molecular complexity index is 758. The fourth-order valence-electron chi connectivity index (χ4n) is 3.97. The van der Waals surface area contributed by atoms with E-state index in [0.717, 1.165) is 31.9 Å². The van der Waals surface area contributed by atoms with Crippen LogP contribution in [0.15, 0.2) is 12.1 Å². The second kappa shape index (κ2) is 7.24. The molecule has 27 heavy (non-hydrogen) atoms. The summed E-state index contributed by atoms with van der Waals surface area (Å²) in [5.74, 6) is -0.839. The molecule has 0 aromatic heterocycles. The zero-order valence-corrected chi connectivity index (χ0v) is 15.3. The van der Waals surface area contributed by atoms with Gasteiger partial charge in [-0.05, 0) is 29.6 Å². The Balaban J connectivity index is 1.20. The Morgan fingerprint density at radius 2 is 2.15 bits per heavy atom. The van der Waals surface area contributed by atoms with E-state index in [1.165, 1.54) is 0 Å². The van der Waals surface area contributed by atoms with Gasteiger partial charge < -0.3 is 24.5 Å². The number of benzene rings is 1. The number of carbonyl (C=O) groups is 2. The van der Waals surface area contributed by atoms with Gasteiger partial charge in [-0.3, -0.25) is 14.5 Å². The van der Waals surface area contributed by atoms with Crippen LogP contribution in [0.2, 0.25) is 0 Å². The van der Waals surface area contributed by atoms with Crippen molar-refractivity contribution in [2.75, 3.05) is 46.0 Å². The molecule has 2 saturated heterocycles. The number of carbonyl (C=O) groups excluding carboxylic acids is 2. The van der Waals surface area contributed by atoms with Crippen LogP contribution in [0.3, 0.4) is 0 Å². The number of fused-ring (bicyclic) bond motifs is 1. The molecule has 1 spiro atoms. The predicted octanol–water partition coefficient (Wildman–Crippen LogP) is -1.18. The van der Waals surface area contributed by atoms with Gasteiger partial charge in [0.2, 0.25) is 0 Å². The number of ether oxygens (including phenoxy) is 2. The third-order valence-electron chi connectivity index (χ3n) is 5.49. The first kappa shape index (κ1) is 18.4. The maximum atomic E-state index is 12.4. The van der Waals surface area contributed by atoms with E-state index in [4.69, 9.17) is 14.1 Å². The highest BCUT2D eigenvalue weighted by Gasteiger charge is 2.48. The van der Waals surface area contributed by atoms with Gasteiger partial charge in [-0.15, -0.1) is 0 Å². The average Bonchev–Trinajstić information content (AvgIpc) is 2.95. The Hall–Kier alpha value is -1.94. The summed E-state index contributed by atoms with van der Waals surface area (Å²) in [6.07, 6.45) is 0. The quantitative estimate of drug-likeness (QED) is 0.478. The lowest BCUT2D eigenvalue weighted by Crippen LogP contribution is -2.66. The van der Waals surface area contributed by atoms with Crippen molar-refractivity contribution in [3.05, 3.63) is 28.8 Å². The minimum atomic E-state index is -1.01. The van der Waals surface area contributed by atoms with Gasteiger partial charge in [0.25, 0.3) is 5.91 Å². The number of nitrogens with one attached hydrogen (secondary N) is 1. The molecular formula is C18H23BN2O6. The summed E-state index contributed by atoms with van der Waals surface area (Å²) < 4.78 is 15.6. The number of rotatable bonds is 6. The molecule has 0 radical (unpaired) electrons. The molecule has 2 N–H and O–H groups in total. The summed E-state index contributed by atoms with van der Waals surface area (Å²) in [4.78, 5) is 26.4. The molecule has 0 unspecified atom stereocenters. The van der Waals surface area contributed by atoms with Crippen LogP contribution in [-0.4, -0.2) is 74.9 Å². The number of likely N-dealkylation sites (tertiary alicyclic amines) is 1. The molecule has 1 aromatic carbocycles. The van der Waals surface area contributed by atoms with Crippen molar-refractivity contribution in [1.82, 2.24) is 10.2 Å². The fraction of sp³-hybridized carbons (Fsp3) is 0.556. The zero-order chi connectivity index (χ0) is 19.0. The predicted molar refractivity (Wildman–Crippen MR) is 96.6 cm³/mol. The van der Waals surface area contributed by atoms with Gasteiger partial charge in [0.05, 0.1) is 19.8 Å². The fourth-order valence-corrected chi connectivity index (χ4v) is 3.97. The number of esters is 1. The summed E-state index contributed by atoms with van der Waals surface area (Å²) in [6.45, 7) is 6.57. The molecule has 3 aliphatic heterocycles. The van der Waals surface area contributed by atoms with Crippen LogP contribution >= 0.6 is 0 Å². The topological polar surface area (TPSA) is 97.3 Å². The molecule has 0 bridgehead atoms. The normalized spacial score (nSPS) is 20.0. The van der Waals surface area contributed by atoms with Crippen LogP contribution in [0.1, 0.15) is 21.5 Å². The first-order valence-corrected chi connectivity index (χ1v) is 9.13. The lowest BCUT2D eigenvalue weighted by Gasteiger charge is -2.55. The van der Waals surface area contributed by atoms with Gasteiger partial charge >= 0.3 is 13.1 Å². The Kier molecular flexibility index (Phi) is 4.94. The second-order valence-electron chi connectivity index (χ2n) is 7.58. The van der Waals surface area contributed by atoms with Crippen molar-refractivity contribution in [2.24, 2.45) is 5.41 Å². The van der Waals surface area contributed by atoms with Crippen molar-refractivity contribution in [2.45, 2.75) is 13.5 Å². The second-order valence-corrected chi connectivity index (χ2v) is 7.58. The summed E-state index contributed by atoms with van der Waals surface area (Å²) in [5, 5.41) is 12.4.